The lowest BCUT2D eigenvalue weighted by Gasteiger charge is -2.08. The van der Waals surface area contributed by atoms with Crippen LogP contribution < -0.4 is 15.4 Å². The number of fused-ring (bicyclic) bond motifs is 1. The van der Waals surface area contributed by atoms with Crippen LogP contribution >= 0.6 is 0 Å². The smallest absolute Gasteiger partial charge is 0.228 e. The molecule has 2 aromatic carbocycles. The number of H-pyrrole nitrogens is 1. The minimum atomic E-state index is -0.132. The van der Waals surface area contributed by atoms with Gasteiger partial charge in [0.1, 0.15) is 5.75 Å². The summed E-state index contributed by atoms with van der Waals surface area (Å²) in [7, 11) is 1.62. The molecule has 0 saturated heterocycles. The molecular formula is C20H21N3O3. The van der Waals surface area contributed by atoms with Crippen LogP contribution in [0.2, 0.25) is 0 Å². The lowest BCUT2D eigenvalue weighted by atomic mass is 10.1. The third-order valence-electron chi connectivity index (χ3n) is 4.15. The van der Waals surface area contributed by atoms with E-state index in [1.807, 2.05) is 25.1 Å². The predicted octanol–water partition coefficient (Wildman–Crippen LogP) is 3.62. The second-order valence-corrected chi connectivity index (χ2v) is 6.12. The summed E-state index contributed by atoms with van der Waals surface area (Å²) in [5, 5.41) is 6.56. The fourth-order valence-corrected chi connectivity index (χ4v) is 2.92. The number of hydrogen-bond acceptors (Lipinski definition) is 3. The van der Waals surface area contributed by atoms with Crippen LogP contribution in [0.3, 0.4) is 0 Å². The number of nitrogens with one attached hydrogen (secondary N) is 3. The first-order chi connectivity index (χ1) is 12.5. The largest absolute Gasteiger partial charge is 0.497 e. The van der Waals surface area contributed by atoms with Gasteiger partial charge < -0.3 is 20.4 Å². The van der Waals surface area contributed by atoms with Crippen LogP contribution in [0, 0.1) is 6.92 Å². The van der Waals surface area contributed by atoms with E-state index >= 15 is 0 Å². The number of methoxy groups -OCH3 is 1. The maximum atomic E-state index is 12.5. The van der Waals surface area contributed by atoms with Crippen molar-refractivity contribution in [1.29, 1.82) is 0 Å². The van der Waals surface area contributed by atoms with E-state index in [9.17, 15) is 9.59 Å². The molecule has 0 atom stereocenters. The highest BCUT2D eigenvalue weighted by atomic mass is 16.5. The van der Waals surface area contributed by atoms with Crippen molar-refractivity contribution in [1.82, 2.24) is 4.98 Å². The van der Waals surface area contributed by atoms with Crippen molar-refractivity contribution in [2.75, 3.05) is 17.7 Å². The minimum absolute atomic E-state index is 0.107. The first kappa shape index (κ1) is 17.5. The fraction of sp³-hybridized carbons (Fsp3) is 0.200. The molecule has 3 aromatic rings. The van der Waals surface area contributed by atoms with Crippen molar-refractivity contribution in [3.8, 4) is 5.75 Å². The monoisotopic (exact) mass is 351 g/mol. The van der Waals surface area contributed by atoms with Gasteiger partial charge in [-0.15, -0.1) is 0 Å². The highest BCUT2D eigenvalue weighted by Gasteiger charge is 2.13. The number of hydrogen-bond donors (Lipinski definition) is 3. The van der Waals surface area contributed by atoms with Gasteiger partial charge in [0.05, 0.1) is 13.5 Å². The molecule has 0 radical (unpaired) electrons. The van der Waals surface area contributed by atoms with Crippen LogP contribution in [-0.2, 0) is 16.0 Å². The molecule has 6 heteroatoms. The van der Waals surface area contributed by atoms with Gasteiger partial charge in [0.2, 0.25) is 11.8 Å². The number of carbonyl (C=O) groups excluding carboxylic acids is 2. The number of aryl methyl sites for hydroxylation is 1. The van der Waals surface area contributed by atoms with Gasteiger partial charge in [-0.05, 0) is 55.0 Å². The van der Waals surface area contributed by atoms with E-state index in [1.165, 1.54) is 6.92 Å². The van der Waals surface area contributed by atoms with E-state index in [1.54, 1.807) is 31.4 Å². The molecule has 0 fully saturated rings. The van der Waals surface area contributed by atoms with Crippen molar-refractivity contribution in [3.05, 3.63) is 53.7 Å². The lowest BCUT2D eigenvalue weighted by Crippen LogP contribution is -2.15. The second kappa shape index (κ2) is 7.31. The fourth-order valence-electron chi connectivity index (χ4n) is 2.92. The molecule has 3 N–H and O–H groups in total. The van der Waals surface area contributed by atoms with E-state index in [4.69, 9.17) is 4.74 Å². The zero-order chi connectivity index (χ0) is 18.7. The summed E-state index contributed by atoms with van der Waals surface area (Å²) in [6.45, 7) is 3.41. The summed E-state index contributed by atoms with van der Waals surface area (Å²) in [6, 6.07) is 12.8. The minimum Gasteiger partial charge on any atom is -0.497 e. The molecule has 1 aromatic heterocycles. The first-order valence-electron chi connectivity index (χ1n) is 8.29. The van der Waals surface area contributed by atoms with Crippen molar-refractivity contribution in [2.24, 2.45) is 0 Å². The van der Waals surface area contributed by atoms with E-state index in [0.717, 1.165) is 27.9 Å². The summed E-state index contributed by atoms with van der Waals surface area (Å²) < 4.78 is 5.28. The number of rotatable bonds is 5. The highest BCUT2D eigenvalue weighted by Crippen LogP contribution is 2.27. The van der Waals surface area contributed by atoms with Gasteiger partial charge in [-0.3, -0.25) is 9.59 Å². The topological polar surface area (TPSA) is 83.2 Å². The SMILES string of the molecule is COc1ccc2[nH]c(C)c(CC(=O)Nc3ccc(NC(C)=O)cc3)c2c1. The van der Waals surface area contributed by atoms with Gasteiger partial charge in [-0.25, -0.2) is 0 Å². The van der Waals surface area contributed by atoms with Crippen LogP contribution in [0.25, 0.3) is 10.9 Å². The average Bonchev–Trinajstić information content (AvgIpc) is 2.91. The number of ether oxygens (including phenoxy) is 1. The molecule has 0 aliphatic rings. The van der Waals surface area contributed by atoms with E-state index < -0.39 is 0 Å². The van der Waals surface area contributed by atoms with Crippen molar-refractivity contribution in [2.45, 2.75) is 20.3 Å². The van der Waals surface area contributed by atoms with Gasteiger partial charge in [0.15, 0.2) is 0 Å². The van der Waals surface area contributed by atoms with E-state index in [0.29, 0.717) is 11.4 Å². The molecule has 0 aliphatic heterocycles. The van der Waals surface area contributed by atoms with Crippen LogP contribution in [0.15, 0.2) is 42.5 Å². The number of anilines is 2. The van der Waals surface area contributed by atoms with Crippen molar-refractivity contribution >= 4 is 34.1 Å². The lowest BCUT2D eigenvalue weighted by molar-refractivity contribution is -0.116. The third kappa shape index (κ3) is 3.85. The van der Waals surface area contributed by atoms with Gasteiger partial charge in [0.25, 0.3) is 0 Å². The standard InChI is InChI=1S/C20H21N3O3/c1-12-17(18-10-16(26-3)8-9-19(18)21-12)11-20(25)23-15-6-4-14(5-7-15)22-13(2)24/h4-10,21H,11H2,1-3H3,(H,22,24)(H,23,25). The van der Waals surface area contributed by atoms with Gasteiger partial charge >= 0.3 is 0 Å². The van der Waals surface area contributed by atoms with Gasteiger partial charge in [-0.1, -0.05) is 0 Å². The average molecular weight is 351 g/mol. The Morgan fingerprint density at radius 2 is 1.69 bits per heavy atom. The number of benzene rings is 2. The van der Waals surface area contributed by atoms with Crippen LogP contribution in [0.5, 0.6) is 5.75 Å². The molecule has 0 spiro atoms. The molecule has 0 unspecified atom stereocenters. The molecule has 2 amide bonds. The molecule has 134 valence electrons. The summed E-state index contributed by atoms with van der Waals surface area (Å²) in [5.74, 6) is 0.517. The molecule has 0 saturated carbocycles. The Morgan fingerprint density at radius 1 is 1.04 bits per heavy atom. The van der Waals surface area contributed by atoms with Crippen molar-refractivity contribution < 1.29 is 14.3 Å². The molecule has 0 aliphatic carbocycles. The maximum Gasteiger partial charge on any atom is 0.228 e. The first-order valence-corrected chi connectivity index (χ1v) is 8.29. The third-order valence-corrected chi connectivity index (χ3v) is 4.15. The Hall–Kier alpha value is -3.28. The molecule has 6 nitrogen and oxygen atoms in total. The Bertz CT molecular complexity index is 958. The molecule has 1 heterocycles. The summed E-state index contributed by atoms with van der Waals surface area (Å²) in [6.07, 6.45) is 0.256. The molecule has 3 rings (SSSR count). The number of aromatic amines is 1. The summed E-state index contributed by atoms with van der Waals surface area (Å²) >= 11 is 0. The molecular weight excluding hydrogens is 330 g/mol. The van der Waals surface area contributed by atoms with Gasteiger partial charge in [-0.2, -0.15) is 0 Å². The van der Waals surface area contributed by atoms with E-state index in [-0.39, 0.29) is 18.2 Å². The number of carbonyl (C=O) groups is 2. The Labute approximate surface area is 151 Å². The number of aromatic nitrogens is 1. The van der Waals surface area contributed by atoms with Crippen LogP contribution in [0.4, 0.5) is 11.4 Å². The van der Waals surface area contributed by atoms with Gasteiger partial charge in [0, 0.05) is 34.9 Å². The second-order valence-electron chi connectivity index (χ2n) is 6.12. The van der Waals surface area contributed by atoms with Crippen LogP contribution in [-0.4, -0.2) is 23.9 Å². The highest BCUT2D eigenvalue weighted by molar-refractivity contribution is 5.97. The number of amides is 2. The predicted molar refractivity (Wildman–Crippen MR) is 103 cm³/mol. The Morgan fingerprint density at radius 3 is 2.31 bits per heavy atom. The summed E-state index contributed by atoms with van der Waals surface area (Å²) in [5.41, 5.74) is 4.26. The van der Waals surface area contributed by atoms with Crippen molar-refractivity contribution in [3.63, 3.8) is 0 Å². The summed E-state index contributed by atoms with van der Waals surface area (Å²) in [4.78, 5) is 26.8. The zero-order valence-electron chi connectivity index (χ0n) is 15.0. The van der Waals surface area contributed by atoms with Crippen LogP contribution in [0.1, 0.15) is 18.2 Å². The Balaban J connectivity index is 1.74. The Kier molecular flexibility index (Phi) is 4.93. The molecule has 26 heavy (non-hydrogen) atoms. The molecule has 0 bridgehead atoms. The van der Waals surface area contributed by atoms with E-state index in [2.05, 4.69) is 15.6 Å². The maximum absolute atomic E-state index is 12.5. The normalized spacial score (nSPS) is 10.6. The quantitative estimate of drug-likeness (QED) is 0.656. The zero-order valence-corrected chi connectivity index (χ0v) is 15.0.